The molecule has 0 aliphatic heterocycles. The van der Waals surface area contributed by atoms with Crippen molar-refractivity contribution in [2.24, 2.45) is 0 Å². The van der Waals surface area contributed by atoms with Crippen LogP contribution in [-0.2, 0) is 10.4 Å². The number of hydrogen-bond donors (Lipinski definition) is 2. The van der Waals surface area contributed by atoms with Crippen molar-refractivity contribution >= 4 is 67.9 Å². The Balaban J connectivity index is -0.0000000133. The molecule has 0 unspecified atom stereocenters. The summed E-state index contributed by atoms with van der Waals surface area (Å²) >= 11 is 0. The molecule has 0 aromatic heterocycles. The summed E-state index contributed by atoms with van der Waals surface area (Å²) in [5, 5.41) is 0. The van der Waals surface area contributed by atoms with Crippen molar-refractivity contribution in [3.63, 3.8) is 0 Å². The summed E-state index contributed by atoms with van der Waals surface area (Å²) in [4.78, 5) is 0. The first-order chi connectivity index (χ1) is 2.00. The molecule has 7 heteroatoms. The third kappa shape index (κ3) is 82.8. The molecule has 42 valence electrons. The van der Waals surface area contributed by atoms with Gasteiger partial charge >= 0.3 is 67.9 Å². The molecule has 0 bridgehead atoms. The van der Waals surface area contributed by atoms with Crippen LogP contribution in [-0.4, -0.2) is 75.1 Å². The molecule has 0 aliphatic carbocycles. The molecule has 0 aromatic rings. The van der Waals surface area contributed by atoms with Crippen LogP contribution in [0.4, 0.5) is 0 Å². The fraction of sp³-hybridized carbons (Fsp3) is 0. The first kappa shape index (κ1) is 15.9. The summed E-state index contributed by atoms with van der Waals surface area (Å²) in [6.07, 6.45) is 0. The molecular weight excluding hydrogens is 206 g/mol. The largest absolute Gasteiger partial charge is 1.00 e. The Morgan fingerprint density at radius 1 is 1.29 bits per heavy atom. The normalized spacial score (nSPS) is 8.29. The van der Waals surface area contributed by atoms with Gasteiger partial charge in [-0.2, -0.15) is 8.42 Å². The summed E-state index contributed by atoms with van der Waals surface area (Å²) in [5.74, 6) is 0. The zero-order valence-corrected chi connectivity index (χ0v) is 5.85. The van der Waals surface area contributed by atoms with E-state index >= 15 is 0 Å². The Bertz CT molecular complexity index is 102. The molecule has 0 atom stereocenters. The van der Waals surface area contributed by atoms with E-state index in [9.17, 15) is 0 Å². The molecule has 0 saturated carbocycles. The Kier molecular flexibility index (Phi) is 13.4. The van der Waals surface area contributed by atoms with E-state index < -0.39 is 10.4 Å². The van der Waals surface area contributed by atoms with Gasteiger partial charge in [0.25, 0.3) is 0 Å². The molecular formula is H7CaGaO4S. The summed E-state index contributed by atoms with van der Waals surface area (Å²) < 4.78 is 31.6. The zero-order valence-electron chi connectivity index (χ0n) is 4.83. The van der Waals surface area contributed by atoms with Gasteiger partial charge in [-0.1, -0.05) is 0 Å². The van der Waals surface area contributed by atoms with Crippen LogP contribution in [0, 0.1) is 0 Å². The Hall–Kier alpha value is 1.77. The van der Waals surface area contributed by atoms with Gasteiger partial charge in [0, 0.05) is 0 Å². The summed E-state index contributed by atoms with van der Waals surface area (Å²) in [7, 11) is -4.67. The quantitative estimate of drug-likeness (QED) is 0.360. The van der Waals surface area contributed by atoms with Gasteiger partial charge in [-0.25, -0.2) is 0 Å². The van der Waals surface area contributed by atoms with Crippen molar-refractivity contribution in [3.8, 4) is 0 Å². The van der Waals surface area contributed by atoms with Crippen molar-refractivity contribution in [3.05, 3.63) is 0 Å². The molecule has 0 amide bonds. The fourth-order valence-electron chi connectivity index (χ4n) is 0. The minimum atomic E-state index is -4.67. The van der Waals surface area contributed by atoms with Crippen LogP contribution in [0.5, 0.6) is 0 Å². The van der Waals surface area contributed by atoms with Crippen LogP contribution in [0.3, 0.4) is 0 Å². The second-order valence-electron chi connectivity index (χ2n) is 0.448. The van der Waals surface area contributed by atoms with Crippen molar-refractivity contribution in [2.75, 3.05) is 0 Å². The van der Waals surface area contributed by atoms with E-state index in [1.807, 2.05) is 0 Å². The number of hydrogen-bond acceptors (Lipinski definition) is 2. The maximum Gasteiger partial charge on any atom is -1.00 e. The van der Waals surface area contributed by atoms with E-state index in [1.165, 1.54) is 0 Å². The van der Waals surface area contributed by atoms with E-state index in [4.69, 9.17) is 17.5 Å². The molecule has 0 radical (unpaired) electrons. The molecule has 0 aliphatic rings. The third-order valence-corrected chi connectivity index (χ3v) is 0. The van der Waals surface area contributed by atoms with Crippen molar-refractivity contribution in [1.82, 2.24) is 0 Å². The van der Waals surface area contributed by atoms with E-state index in [-0.39, 0.29) is 60.4 Å². The molecule has 0 rings (SSSR count). The van der Waals surface area contributed by atoms with Crippen LogP contribution in [0.1, 0.15) is 2.85 Å². The van der Waals surface area contributed by atoms with Gasteiger partial charge < -0.3 is 2.85 Å². The molecule has 0 spiro atoms. The van der Waals surface area contributed by atoms with E-state index in [0.29, 0.717) is 0 Å². The first-order valence-corrected chi connectivity index (χ1v) is 2.10. The van der Waals surface area contributed by atoms with Crippen LogP contribution >= 0.6 is 0 Å². The van der Waals surface area contributed by atoms with E-state index in [1.54, 1.807) is 0 Å². The van der Waals surface area contributed by atoms with Crippen molar-refractivity contribution in [1.29, 1.82) is 0 Å². The SMILES string of the molecule is O=S(=O)(O)O.[Ca+2].[GaH3].[H-].[H-]. The van der Waals surface area contributed by atoms with Crippen LogP contribution in [0.25, 0.3) is 0 Å². The van der Waals surface area contributed by atoms with Gasteiger partial charge in [-0.15, -0.1) is 0 Å². The average Bonchev–Trinajstić information content (AvgIpc) is 0.722. The Morgan fingerprint density at radius 2 is 1.29 bits per heavy atom. The van der Waals surface area contributed by atoms with Gasteiger partial charge in [-0.05, 0) is 0 Å². The standard InChI is InChI=1S/Ca.Ga.H2O4S.5H/c;;1-5(2,3)4;;;;;/h;;(H2,1,2,3,4);;;;;/q+2;;;;;;2*-1. The van der Waals surface area contributed by atoms with Gasteiger partial charge in [0.1, 0.15) is 0 Å². The topological polar surface area (TPSA) is 74.6 Å². The molecule has 2 N–H and O–H groups in total. The van der Waals surface area contributed by atoms with Gasteiger partial charge in [0.15, 0.2) is 0 Å². The summed E-state index contributed by atoms with van der Waals surface area (Å²) in [6.45, 7) is 0. The van der Waals surface area contributed by atoms with Crippen molar-refractivity contribution < 1.29 is 20.4 Å². The predicted molar refractivity (Wildman–Crippen MR) is 32.1 cm³/mol. The van der Waals surface area contributed by atoms with E-state index in [0.717, 1.165) is 0 Å². The average molecular weight is 213 g/mol. The second-order valence-corrected chi connectivity index (χ2v) is 1.34. The molecule has 0 heterocycles. The van der Waals surface area contributed by atoms with Crippen molar-refractivity contribution in [2.45, 2.75) is 0 Å². The Morgan fingerprint density at radius 3 is 1.29 bits per heavy atom. The van der Waals surface area contributed by atoms with Gasteiger partial charge in [0.05, 0.1) is 0 Å². The molecule has 0 aromatic carbocycles. The smallest absolute Gasteiger partial charge is 1.00 e. The molecule has 0 saturated heterocycles. The minimum Gasteiger partial charge on any atom is -1.00 e. The maximum absolute atomic E-state index is 8.74. The van der Waals surface area contributed by atoms with Gasteiger partial charge in [-0.3, -0.25) is 9.11 Å². The van der Waals surface area contributed by atoms with Crippen LogP contribution in [0.15, 0.2) is 0 Å². The molecule has 4 nitrogen and oxygen atoms in total. The number of rotatable bonds is 0. The van der Waals surface area contributed by atoms with E-state index in [2.05, 4.69) is 0 Å². The minimum absolute atomic E-state index is 0. The van der Waals surface area contributed by atoms with Crippen LogP contribution in [0.2, 0.25) is 0 Å². The van der Waals surface area contributed by atoms with Crippen LogP contribution < -0.4 is 0 Å². The maximum atomic E-state index is 8.74. The second kappa shape index (κ2) is 5.89. The Labute approximate surface area is 87.3 Å². The zero-order chi connectivity index (χ0) is 4.50. The predicted octanol–water partition coefficient (Wildman–Crippen LogP) is -1.99. The molecule has 7 heavy (non-hydrogen) atoms. The first-order valence-electron chi connectivity index (χ1n) is 0.698. The van der Waals surface area contributed by atoms with Gasteiger partial charge in [0.2, 0.25) is 0 Å². The summed E-state index contributed by atoms with van der Waals surface area (Å²) in [6, 6.07) is 0. The fourth-order valence-corrected chi connectivity index (χ4v) is 0. The third-order valence-electron chi connectivity index (χ3n) is 0. The monoisotopic (exact) mass is 212 g/mol. The summed E-state index contributed by atoms with van der Waals surface area (Å²) in [5.41, 5.74) is 0. The molecule has 0 fully saturated rings.